The highest BCUT2D eigenvalue weighted by atomic mass is 35.5. The Labute approximate surface area is 180 Å². The Hall–Kier alpha value is -3.20. The number of anilines is 2. The second-order valence-corrected chi connectivity index (χ2v) is 7.98. The lowest BCUT2D eigenvalue weighted by Gasteiger charge is -2.38. The molecule has 1 fully saturated rings. The number of fused-ring (bicyclic) bond motifs is 1. The molecule has 0 bridgehead atoms. The molecule has 0 amide bonds. The van der Waals surface area contributed by atoms with Crippen LogP contribution < -0.4 is 15.6 Å². The summed E-state index contributed by atoms with van der Waals surface area (Å²) in [6.45, 7) is 2.54. The van der Waals surface area contributed by atoms with Crippen molar-refractivity contribution in [1.82, 2.24) is 4.98 Å². The number of nitrogens with zero attached hydrogens (tertiary/aromatic N) is 2. The molecule has 0 radical (unpaired) electrons. The van der Waals surface area contributed by atoms with E-state index in [0.717, 1.165) is 5.56 Å². The fraction of sp³-hybridized carbons (Fsp3) is 0.286. The van der Waals surface area contributed by atoms with Crippen molar-refractivity contribution in [1.29, 1.82) is 0 Å². The van der Waals surface area contributed by atoms with Crippen molar-refractivity contribution in [2.75, 3.05) is 23.3 Å². The number of carbonyl (C=O) groups is 1. The molecule has 3 aromatic rings. The fourth-order valence-electron chi connectivity index (χ4n) is 3.59. The van der Waals surface area contributed by atoms with Gasteiger partial charge in [0.25, 0.3) is 5.92 Å². The number of aryl methyl sites for hydroxylation is 1. The van der Waals surface area contributed by atoms with Crippen LogP contribution in [0.15, 0.2) is 39.5 Å². The van der Waals surface area contributed by atoms with Gasteiger partial charge in [-0.2, -0.15) is 0 Å². The number of aromatic nitrogens is 1. The maximum atomic E-state index is 13.3. The number of rotatable bonds is 5. The Morgan fingerprint density at radius 2 is 2.03 bits per heavy atom. The summed E-state index contributed by atoms with van der Waals surface area (Å²) in [6, 6.07) is 7.13. The normalized spacial score (nSPS) is 16.1. The van der Waals surface area contributed by atoms with E-state index in [1.54, 1.807) is 19.1 Å². The highest BCUT2D eigenvalue weighted by molar-refractivity contribution is 6.29. The third kappa shape index (κ3) is 4.05. The summed E-state index contributed by atoms with van der Waals surface area (Å²) >= 11 is 5.81. The first-order chi connectivity index (χ1) is 14.5. The van der Waals surface area contributed by atoms with Crippen molar-refractivity contribution in [3.63, 3.8) is 0 Å². The largest absolute Gasteiger partial charge is 0.476 e. The Bertz CT molecular complexity index is 1250. The summed E-state index contributed by atoms with van der Waals surface area (Å²) in [6.07, 6.45) is 0. The van der Waals surface area contributed by atoms with Crippen molar-refractivity contribution in [2.24, 2.45) is 0 Å². The maximum absolute atomic E-state index is 13.3. The van der Waals surface area contributed by atoms with Crippen LogP contribution in [0.25, 0.3) is 11.0 Å². The highest BCUT2D eigenvalue weighted by Crippen LogP contribution is 2.35. The van der Waals surface area contributed by atoms with Crippen LogP contribution in [0, 0.1) is 6.92 Å². The number of hydrogen-bond donors (Lipinski definition) is 2. The maximum Gasteiger partial charge on any atom is 0.356 e. The predicted molar refractivity (Wildman–Crippen MR) is 113 cm³/mol. The molecule has 31 heavy (non-hydrogen) atoms. The third-order valence-corrected chi connectivity index (χ3v) is 5.26. The summed E-state index contributed by atoms with van der Waals surface area (Å²) in [5.74, 6) is -3.99. The number of aromatic carboxylic acids is 1. The summed E-state index contributed by atoms with van der Waals surface area (Å²) in [5, 5.41) is 12.8. The smallest absolute Gasteiger partial charge is 0.356 e. The van der Waals surface area contributed by atoms with E-state index in [-0.39, 0.29) is 33.4 Å². The minimum atomic E-state index is -2.81. The number of benzene rings is 1. The third-order valence-electron chi connectivity index (χ3n) is 5.05. The topological polar surface area (TPSA) is 95.7 Å². The number of nitrogens with one attached hydrogen (secondary N) is 1. The van der Waals surface area contributed by atoms with Crippen LogP contribution >= 0.6 is 11.6 Å². The lowest BCUT2D eigenvalue weighted by atomic mass is 10.0. The summed E-state index contributed by atoms with van der Waals surface area (Å²) in [7, 11) is 0. The Morgan fingerprint density at radius 1 is 1.32 bits per heavy atom. The molecule has 10 heteroatoms. The molecule has 0 saturated carbocycles. The fourth-order valence-corrected chi connectivity index (χ4v) is 3.74. The van der Waals surface area contributed by atoms with E-state index in [4.69, 9.17) is 16.0 Å². The molecule has 2 aromatic heterocycles. The molecule has 1 aliphatic heterocycles. The molecule has 162 valence electrons. The summed E-state index contributed by atoms with van der Waals surface area (Å²) in [4.78, 5) is 29.3. The van der Waals surface area contributed by atoms with Gasteiger partial charge < -0.3 is 19.7 Å². The van der Waals surface area contributed by atoms with Crippen LogP contribution in [-0.2, 0) is 0 Å². The van der Waals surface area contributed by atoms with Crippen LogP contribution in [0.3, 0.4) is 0 Å². The first kappa shape index (κ1) is 21.0. The molecule has 2 N–H and O–H groups in total. The van der Waals surface area contributed by atoms with E-state index in [2.05, 4.69) is 10.3 Å². The lowest BCUT2D eigenvalue weighted by Crippen LogP contribution is -2.56. The van der Waals surface area contributed by atoms with E-state index in [9.17, 15) is 23.5 Å². The number of halogens is 3. The molecule has 1 unspecified atom stereocenters. The molecule has 1 aromatic carbocycles. The average molecular weight is 450 g/mol. The number of carboxylic acid groups (broad SMARTS) is 1. The van der Waals surface area contributed by atoms with E-state index in [0.29, 0.717) is 10.9 Å². The van der Waals surface area contributed by atoms with Crippen molar-refractivity contribution in [2.45, 2.75) is 25.8 Å². The molecular weight excluding hydrogens is 432 g/mol. The second kappa shape index (κ2) is 7.49. The first-order valence-corrected chi connectivity index (χ1v) is 9.79. The van der Waals surface area contributed by atoms with Crippen molar-refractivity contribution >= 4 is 40.1 Å². The van der Waals surface area contributed by atoms with Crippen LogP contribution in [-0.4, -0.2) is 35.1 Å². The van der Waals surface area contributed by atoms with Gasteiger partial charge in [0, 0.05) is 11.6 Å². The number of alkyl halides is 2. The van der Waals surface area contributed by atoms with Crippen molar-refractivity contribution in [3.05, 3.63) is 62.5 Å². The molecular formula is C21H18ClF2N3O4. The number of pyridine rings is 1. The van der Waals surface area contributed by atoms with E-state index in [1.807, 2.05) is 6.92 Å². The van der Waals surface area contributed by atoms with Gasteiger partial charge in [0.2, 0.25) is 0 Å². The molecule has 1 aliphatic rings. The zero-order valence-corrected chi connectivity index (χ0v) is 17.3. The standard InChI is InChI=1S/C21H18ClF2N3O4/c1-10-5-12(11(2)25-14-3-4-16(22)26-18(14)20(29)30)19-13(6-10)15(28)7-17(31-19)27-8-21(23,24)9-27/h3-7,11,25H,8-9H2,1-2H3,(H,29,30). The van der Waals surface area contributed by atoms with Gasteiger partial charge in [0.15, 0.2) is 17.0 Å². The molecule has 7 nitrogen and oxygen atoms in total. The summed E-state index contributed by atoms with van der Waals surface area (Å²) < 4.78 is 32.5. The minimum absolute atomic E-state index is 0.0404. The molecule has 0 aliphatic carbocycles. The summed E-state index contributed by atoms with van der Waals surface area (Å²) in [5.41, 5.74) is 1.26. The van der Waals surface area contributed by atoms with Crippen LogP contribution in [0.5, 0.6) is 0 Å². The average Bonchev–Trinajstić information content (AvgIpc) is 2.67. The SMILES string of the molecule is Cc1cc(C(C)Nc2ccc(Cl)nc2C(=O)O)c2oc(N3CC(F)(F)C3)cc(=O)c2c1. The van der Waals surface area contributed by atoms with Crippen LogP contribution in [0.4, 0.5) is 20.4 Å². The monoisotopic (exact) mass is 449 g/mol. The molecule has 0 spiro atoms. The van der Waals surface area contributed by atoms with E-state index < -0.39 is 31.0 Å². The lowest BCUT2D eigenvalue weighted by molar-refractivity contribution is -0.0283. The van der Waals surface area contributed by atoms with Gasteiger partial charge in [-0.05, 0) is 37.6 Å². The van der Waals surface area contributed by atoms with Gasteiger partial charge in [-0.15, -0.1) is 0 Å². The molecule has 4 rings (SSSR count). The van der Waals surface area contributed by atoms with Gasteiger partial charge in [0.05, 0.1) is 30.2 Å². The Kier molecular flexibility index (Phi) is 5.09. The second-order valence-electron chi connectivity index (χ2n) is 7.59. The quantitative estimate of drug-likeness (QED) is 0.554. The van der Waals surface area contributed by atoms with Gasteiger partial charge in [-0.25, -0.2) is 18.6 Å². The highest BCUT2D eigenvalue weighted by Gasteiger charge is 2.45. The van der Waals surface area contributed by atoms with Crippen molar-refractivity contribution < 1.29 is 23.1 Å². The predicted octanol–water partition coefficient (Wildman–Crippen LogP) is 4.48. The minimum Gasteiger partial charge on any atom is -0.476 e. The number of hydrogen-bond acceptors (Lipinski definition) is 6. The van der Waals surface area contributed by atoms with Crippen molar-refractivity contribution in [3.8, 4) is 0 Å². The van der Waals surface area contributed by atoms with Gasteiger partial charge in [-0.1, -0.05) is 17.7 Å². The van der Waals surface area contributed by atoms with Gasteiger partial charge in [0.1, 0.15) is 10.7 Å². The first-order valence-electron chi connectivity index (χ1n) is 9.41. The zero-order valence-electron chi connectivity index (χ0n) is 16.6. The number of carboxylic acids is 1. The zero-order chi connectivity index (χ0) is 22.5. The molecule has 1 atom stereocenters. The molecule has 1 saturated heterocycles. The Balaban J connectivity index is 1.77. The van der Waals surface area contributed by atoms with E-state index >= 15 is 0 Å². The Morgan fingerprint density at radius 3 is 2.68 bits per heavy atom. The van der Waals surface area contributed by atoms with Crippen LogP contribution in [0.1, 0.15) is 34.6 Å². The van der Waals surface area contributed by atoms with Gasteiger partial charge in [-0.3, -0.25) is 4.79 Å². The van der Waals surface area contributed by atoms with Gasteiger partial charge >= 0.3 is 5.97 Å². The molecule has 3 heterocycles. The van der Waals surface area contributed by atoms with E-state index in [1.165, 1.54) is 23.1 Å². The van der Waals surface area contributed by atoms with Crippen LogP contribution in [0.2, 0.25) is 5.15 Å².